The van der Waals surface area contributed by atoms with Gasteiger partial charge in [-0.05, 0) is 36.5 Å². The van der Waals surface area contributed by atoms with Gasteiger partial charge in [0.25, 0.3) is 0 Å². The summed E-state index contributed by atoms with van der Waals surface area (Å²) < 4.78 is 22.7. The molecule has 0 atom stereocenters. The van der Waals surface area contributed by atoms with Crippen LogP contribution in [0.1, 0.15) is 32.8 Å². The van der Waals surface area contributed by atoms with Gasteiger partial charge in [-0.2, -0.15) is 0 Å². The number of hydrogen-bond donors (Lipinski definition) is 2. The first-order chi connectivity index (χ1) is 11.5. The largest absolute Gasteiger partial charge is 0.357 e. The second-order valence-corrected chi connectivity index (χ2v) is 9.93. The van der Waals surface area contributed by atoms with Crippen LogP contribution >= 0.6 is 23.2 Å². The molecule has 1 aromatic rings. The third-order valence-corrected chi connectivity index (χ3v) is 5.18. The highest BCUT2D eigenvalue weighted by Crippen LogP contribution is 2.22. The molecule has 0 heterocycles. The van der Waals surface area contributed by atoms with Crippen LogP contribution in [-0.2, 0) is 16.4 Å². The van der Waals surface area contributed by atoms with Crippen LogP contribution in [0, 0.1) is 5.41 Å². The molecular formula is C17H27Cl2N3O2S. The summed E-state index contributed by atoms with van der Waals surface area (Å²) in [6, 6.07) is 5.34. The van der Waals surface area contributed by atoms with Crippen LogP contribution in [0.5, 0.6) is 0 Å². The monoisotopic (exact) mass is 407 g/mol. The van der Waals surface area contributed by atoms with Crippen molar-refractivity contribution in [1.82, 2.24) is 10.6 Å². The van der Waals surface area contributed by atoms with Crippen LogP contribution in [0.15, 0.2) is 23.2 Å². The molecule has 25 heavy (non-hydrogen) atoms. The Kier molecular flexibility index (Phi) is 8.51. The molecule has 0 fully saturated rings. The van der Waals surface area contributed by atoms with Gasteiger partial charge < -0.3 is 10.6 Å². The summed E-state index contributed by atoms with van der Waals surface area (Å²) in [5.74, 6) is 0.844. The molecule has 0 saturated heterocycles. The van der Waals surface area contributed by atoms with Gasteiger partial charge in [0.1, 0.15) is 9.84 Å². The molecular weight excluding hydrogens is 381 g/mol. The van der Waals surface area contributed by atoms with E-state index in [-0.39, 0.29) is 11.2 Å². The lowest BCUT2D eigenvalue weighted by molar-refractivity contribution is 0.348. The predicted octanol–water partition coefficient (Wildman–Crippen LogP) is 3.51. The van der Waals surface area contributed by atoms with Gasteiger partial charge in [0, 0.05) is 29.4 Å². The van der Waals surface area contributed by atoms with Gasteiger partial charge in [0.05, 0.1) is 12.3 Å². The van der Waals surface area contributed by atoms with Crippen molar-refractivity contribution in [3.8, 4) is 0 Å². The van der Waals surface area contributed by atoms with E-state index in [2.05, 4.69) is 15.6 Å². The van der Waals surface area contributed by atoms with Crippen molar-refractivity contribution in [2.75, 3.05) is 25.1 Å². The highest BCUT2D eigenvalue weighted by atomic mass is 35.5. The molecule has 5 nitrogen and oxygen atoms in total. The first kappa shape index (κ1) is 22.1. The van der Waals surface area contributed by atoms with Gasteiger partial charge in [0.2, 0.25) is 0 Å². The van der Waals surface area contributed by atoms with Crippen molar-refractivity contribution in [3.05, 3.63) is 33.8 Å². The first-order valence-electron chi connectivity index (χ1n) is 8.16. The Balaban J connectivity index is 2.69. The molecule has 1 rings (SSSR count). The van der Waals surface area contributed by atoms with Gasteiger partial charge in [0.15, 0.2) is 5.96 Å². The van der Waals surface area contributed by atoms with E-state index in [0.29, 0.717) is 35.5 Å². The van der Waals surface area contributed by atoms with E-state index in [1.807, 2.05) is 26.8 Å². The van der Waals surface area contributed by atoms with Gasteiger partial charge in [-0.25, -0.2) is 13.4 Å². The molecule has 142 valence electrons. The zero-order valence-electron chi connectivity index (χ0n) is 15.2. The van der Waals surface area contributed by atoms with Gasteiger partial charge in [-0.15, -0.1) is 0 Å². The number of nitrogens with zero attached hydrogens (tertiary/aromatic N) is 1. The van der Waals surface area contributed by atoms with Crippen molar-refractivity contribution in [2.45, 2.75) is 33.7 Å². The fourth-order valence-electron chi connectivity index (χ4n) is 2.03. The average Bonchev–Trinajstić information content (AvgIpc) is 2.49. The molecule has 2 N–H and O–H groups in total. The van der Waals surface area contributed by atoms with Crippen LogP contribution < -0.4 is 10.6 Å². The molecule has 0 unspecified atom stereocenters. The lowest BCUT2D eigenvalue weighted by Crippen LogP contribution is -2.42. The quantitative estimate of drug-likeness (QED) is 0.510. The number of guanidine groups is 1. The number of halogens is 2. The van der Waals surface area contributed by atoms with Crippen molar-refractivity contribution in [1.29, 1.82) is 0 Å². The fourth-order valence-corrected chi connectivity index (χ4v) is 3.42. The Morgan fingerprint density at radius 2 is 1.92 bits per heavy atom. The first-order valence-corrected chi connectivity index (χ1v) is 11.0. The number of rotatable bonds is 8. The van der Waals surface area contributed by atoms with Crippen molar-refractivity contribution >= 4 is 39.0 Å². The number of benzene rings is 1. The second kappa shape index (κ2) is 9.64. The van der Waals surface area contributed by atoms with Crippen LogP contribution in [0.3, 0.4) is 0 Å². The summed E-state index contributed by atoms with van der Waals surface area (Å²) in [6.07, 6.45) is 1.85. The summed E-state index contributed by atoms with van der Waals surface area (Å²) in [6.45, 7) is 7.82. The Morgan fingerprint density at radius 1 is 1.24 bits per heavy atom. The number of aliphatic imine (C=N–C) groups is 1. The van der Waals surface area contributed by atoms with Gasteiger partial charge in [-0.1, -0.05) is 43.1 Å². The van der Waals surface area contributed by atoms with Crippen LogP contribution in [-0.4, -0.2) is 39.5 Å². The number of sulfone groups is 1. The van der Waals surface area contributed by atoms with E-state index in [1.54, 1.807) is 12.1 Å². The summed E-state index contributed by atoms with van der Waals surface area (Å²) in [7, 11) is -2.96. The van der Waals surface area contributed by atoms with E-state index < -0.39 is 9.84 Å². The Labute approximate surface area is 161 Å². The molecule has 0 spiro atoms. The Hall–Kier alpha value is -0.980. The normalized spacial score (nSPS) is 13.0. The molecule has 0 aliphatic rings. The number of hydrogen-bond acceptors (Lipinski definition) is 3. The maximum atomic E-state index is 11.4. The molecule has 0 aliphatic heterocycles. The minimum Gasteiger partial charge on any atom is -0.357 e. The third-order valence-electron chi connectivity index (χ3n) is 3.65. The minimum absolute atomic E-state index is 0.169. The average molecular weight is 408 g/mol. The van der Waals surface area contributed by atoms with E-state index in [4.69, 9.17) is 23.2 Å². The fraction of sp³-hybridized carbons (Fsp3) is 0.588. The predicted molar refractivity (Wildman–Crippen MR) is 107 cm³/mol. The molecule has 0 radical (unpaired) electrons. The Bertz CT molecular complexity index is 704. The van der Waals surface area contributed by atoms with Crippen LogP contribution in [0.2, 0.25) is 10.0 Å². The molecule has 0 bridgehead atoms. The van der Waals surface area contributed by atoms with E-state index >= 15 is 0 Å². The second-order valence-electron chi connectivity index (χ2n) is 6.83. The van der Waals surface area contributed by atoms with Crippen molar-refractivity contribution < 1.29 is 8.42 Å². The molecule has 8 heteroatoms. The maximum absolute atomic E-state index is 11.4. The highest BCUT2D eigenvalue weighted by Gasteiger charge is 2.20. The molecule has 0 amide bonds. The van der Waals surface area contributed by atoms with Gasteiger partial charge in [-0.3, -0.25) is 0 Å². The Morgan fingerprint density at radius 3 is 2.48 bits per heavy atom. The minimum atomic E-state index is -2.96. The summed E-state index contributed by atoms with van der Waals surface area (Å²) >= 11 is 12.1. The van der Waals surface area contributed by atoms with Crippen molar-refractivity contribution in [2.24, 2.45) is 10.4 Å². The zero-order valence-corrected chi connectivity index (χ0v) is 17.5. The maximum Gasteiger partial charge on any atom is 0.191 e. The van der Waals surface area contributed by atoms with E-state index in [1.165, 1.54) is 6.26 Å². The number of nitrogens with one attached hydrogen (secondary N) is 2. The molecule has 0 saturated carbocycles. The zero-order chi connectivity index (χ0) is 19.1. The van der Waals surface area contributed by atoms with Crippen molar-refractivity contribution in [3.63, 3.8) is 0 Å². The molecule has 0 aliphatic carbocycles. The SMILES string of the molecule is CCNC(=NCc1ccc(Cl)cc1Cl)NCC(C)(C)CCS(C)(=O)=O. The third kappa shape index (κ3) is 9.33. The standard InChI is InChI=1S/C17H27Cl2N3O2S/c1-5-20-16(21-11-13-6-7-14(18)10-15(13)19)22-12-17(2,3)8-9-25(4,23)24/h6-7,10H,5,8-9,11-12H2,1-4H3,(H2,20,21,22). The summed E-state index contributed by atoms with van der Waals surface area (Å²) in [4.78, 5) is 4.53. The summed E-state index contributed by atoms with van der Waals surface area (Å²) in [5.41, 5.74) is 0.719. The van der Waals surface area contributed by atoms with Crippen LogP contribution in [0.4, 0.5) is 0 Å². The van der Waals surface area contributed by atoms with Gasteiger partial charge >= 0.3 is 0 Å². The van der Waals surface area contributed by atoms with E-state index in [0.717, 1.165) is 12.1 Å². The topological polar surface area (TPSA) is 70.6 Å². The lowest BCUT2D eigenvalue weighted by atomic mass is 9.90. The molecule has 0 aromatic heterocycles. The smallest absolute Gasteiger partial charge is 0.191 e. The highest BCUT2D eigenvalue weighted by molar-refractivity contribution is 7.90. The van der Waals surface area contributed by atoms with Crippen LogP contribution in [0.25, 0.3) is 0 Å². The summed E-state index contributed by atoms with van der Waals surface area (Å²) in [5, 5.41) is 7.63. The molecule has 1 aromatic carbocycles. The lowest BCUT2D eigenvalue weighted by Gasteiger charge is -2.25. The van der Waals surface area contributed by atoms with E-state index in [9.17, 15) is 8.42 Å².